The number of morpholine rings is 1. The molecule has 1 saturated heterocycles. The molecule has 6 nitrogen and oxygen atoms in total. The Labute approximate surface area is 125 Å². The predicted molar refractivity (Wildman–Crippen MR) is 86.2 cm³/mol. The Kier molecular flexibility index (Phi) is 4.94. The highest BCUT2D eigenvalue weighted by Gasteiger charge is 2.21. The minimum absolute atomic E-state index is 0.254. The van der Waals surface area contributed by atoms with Crippen molar-refractivity contribution >= 4 is 17.6 Å². The van der Waals surface area contributed by atoms with E-state index < -0.39 is 0 Å². The van der Waals surface area contributed by atoms with Crippen LogP contribution >= 0.6 is 0 Å². The molecule has 1 aromatic heterocycles. The molecule has 0 spiro atoms. The zero-order valence-electron chi connectivity index (χ0n) is 12.2. The average molecular weight is 287 g/mol. The van der Waals surface area contributed by atoms with Gasteiger partial charge < -0.3 is 20.7 Å². The SMILES string of the molecule is C=C/C=C\C(=C)Nc1nc(N)cc(N2CCOCC2C)n1. The lowest BCUT2D eigenvalue weighted by Gasteiger charge is -2.34. The summed E-state index contributed by atoms with van der Waals surface area (Å²) < 4.78 is 5.44. The number of nitrogen functional groups attached to an aromatic ring is 1. The average Bonchev–Trinajstić information content (AvgIpc) is 2.45. The largest absolute Gasteiger partial charge is 0.383 e. The third-order valence-corrected chi connectivity index (χ3v) is 3.10. The summed E-state index contributed by atoms with van der Waals surface area (Å²) in [5.74, 6) is 1.64. The molecule has 3 N–H and O–H groups in total. The van der Waals surface area contributed by atoms with Crippen LogP contribution in [0, 0.1) is 0 Å². The number of allylic oxidation sites excluding steroid dienone is 3. The molecule has 112 valence electrons. The molecule has 1 unspecified atom stereocenters. The number of hydrogen-bond acceptors (Lipinski definition) is 6. The smallest absolute Gasteiger partial charge is 0.231 e. The van der Waals surface area contributed by atoms with Gasteiger partial charge in [0.1, 0.15) is 11.6 Å². The van der Waals surface area contributed by atoms with Crippen molar-refractivity contribution in [3.8, 4) is 0 Å². The lowest BCUT2D eigenvalue weighted by molar-refractivity contribution is 0.0985. The molecular weight excluding hydrogens is 266 g/mol. The summed E-state index contributed by atoms with van der Waals surface area (Å²) in [6, 6.07) is 2.03. The van der Waals surface area contributed by atoms with Crippen LogP contribution < -0.4 is 16.0 Å². The first-order chi connectivity index (χ1) is 10.1. The van der Waals surface area contributed by atoms with Crippen LogP contribution in [0.1, 0.15) is 6.92 Å². The number of nitrogens with one attached hydrogen (secondary N) is 1. The van der Waals surface area contributed by atoms with Gasteiger partial charge in [0, 0.05) is 18.3 Å². The summed E-state index contributed by atoms with van der Waals surface area (Å²) in [7, 11) is 0. The van der Waals surface area contributed by atoms with Gasteiger partial charge in [-0.1, -0.05) is 25.3 Å². The number of nitrogens with two attached hydrogens (primary N) is 1. The molecule has 1 aliphatic rings. The van der Waals surface area contributed by atoms with Gasteiger partial charge in [-0.3, -0.25) is 0 Å². The van der Waals surface area contributed by atoms with Crippen molar-refractivity contribution in [1.82, 2.24) is 9.97 Å². The molecule has 0 aliphatic carbocycles. The van der Waals surface area contributed by atoms with Gasteiger partial charge in [0.05, 0.1) is 19.3 Å². The first-order valence-corrected chi connectivity index (χ1v) is 6.84. The van der Waals surface area contributed by atoms with E-state index in [0.717, 1.165) is 12.4 Å². The van der Waals surface area contributed by atoms with Gasteiger partial charge in [-0.25, -0.2) is 0 Å². The Morgan fingerprint density at radius 3 is 3.10 bits per heavy atom. The van der Waals surface area contributed by atoms with Crippen molar-refractivity contribution in [1.29, 1.82) is 0 Å². The van der Waals surface area contributed by atoms with Crippen molar-refractivity contribution in [2.45, 2.75) is 13.0 Å². The van der Waals surface area contributed by atoms with E-state index in [1.165, 1.54) is 0 Å². The Morgan fingerprint density at radius 2 is 2.38 bits per heavy atom. The Bertz CT molecular complexity index is 555. The maximum absolute atomic E-state index is 5.87. The summed E-state index contributed by atoms with van der Waals surface area (Å²) in [6.07, 6.45) is 5.25. The van der Waals surface area contributed by atoms with E-state index >= 15 is 0 Å². The van der Waals surface area contributed by atoms with E-state index in [-0.39, 0.29) is 6.04 Å². The quantitative estimate of drug-likeness (QED) is 0.806. The molecule has 0 radical (unpaired) electrons. The zero-order valence-corrected chi connectivity index (χ0v) is 12.2. The molecule has 1 fully saturated rings. The first kappa shape index (κ1) is 15.1. The second kappa shape index (κ2) is 6.90. The van der Waals surface area contributed by atoms with E-state index in [4.69, 9.17) is 10.5 Å². The molecule has 0 aromatic carbocycles. The van der Waals surface area contributed by atoms with Crippen LogP contribution in [0.2, 0.25) is 0 Å². The molecule has 1 aromatic rings. The fourth-order valence-electron chi connectivity index (χ4n) is 2.09. The second-order valence-electron chi connectivity index (χ2n) is 4.84. The molecule has 0 bridgehead atoms. The predicted octanol–water partition coefficient (Wildman–Crippen LogP) is 1.95. The monoisotopic (exact) mass is 287 g/mol. The molecule has 1 atom stereocenters. The van der Waals surface area contributed by atoms with Crippen molar-refractivity contribution in [2.75, 3.05) is 35.7 Å². The zero-order chi connectivity index (χ0) is 15.2. The first-order valence-electron chi connectivity index (χ1n) is 6.84. The maximum atomic E-state index is 5.87. The van der Waals surface area contributed by atoms with Gasteiger partial charge in [-0.05, 0) is 13.0 Å². The molecule has 21 heavy (non-hydrogen) atoms. The number of anilines is 3. The molecule has 2 rings (SSSR count). The van der Waals surface area contributed by atoms with E-state index in [0.29, 0.717) is 30.7 Å². The van der Waals surface area contributed by atoms with Crippen LogP contribution in [-0.2, 0) is 4.74 Å². The molecule has 0 amide bonds. The fourth-order valence-corrected chi connectivity index (χ4v) is 2.09. The second-order valence-corrected chi connectivity index (χ2v) is 4.84. The fraction of sp³-hybridized carbons (Fsp3) is 0.333. The van der Waals surface area contributed by atoms with Crippen LogP contribution in [0.4, 0.5) is 17.6 Å². The van der Waals surface area contributed by atoms with E-state index in [9.17, 15) is 0 Å². The summed E-state index contributed by atoms with van der Waals surface area (Å²) in [5.41, 5.74) is 6.54. The molecule has 1 aliphatic heterocycles. The van der Waals surface area contributed by atoms with Crippen molar-refractivity contribution in [2.24, 2.45) is 0 Å². The van der Waals surface area contributed by atoms with Crippen LogP contribution in [-0.4, -0.2) is 35.8 Å². The number of nitrogens with zero attached hydrogens (tertiary/aromatic N) is 3. The van der Waals surface area contributed by atoms with Gasteiger partial charge in [-0.15, -0.1) is 0 Å². The van der Waals surface area contributed by atoms with Crippen LogP contribution in [0.5, 0.6) is 0 Å². The summed E-state index contributed by atoms with van der Waals surface area (Å²) in [5, 5.41) is 3.02. The highest BCUT2D eigenvalue weighted by Crippen LogP contribution is 2.21. The highest BCUT2D eigenvalue weighted by molar-refractivity contribution is 5.54. The van der Waals surface area contributed by atoms with Crippen molar-refractivity contribution in [3.63, 3.8) is 0 Å². The normalized spacial score (nSPS) is 18.7. The van der Waals surface area contributed by atoms with E-state index in [2.05, 4.69) is 40.3 Å². The minimum Gasteiger partial charge on any atom is -0.383 e. The third kappa shape index (κ3) is 4.06. The summed E-state index contributed by atoms with van der Waals surface area (Å²) >= 11 is 0. The van der Waals surface area contributed by atoms with Crippen LogP contribution in [0.25, 0.3) is 0 Å². The molecular formula is C15H21N5O. The van der Waals surface area contributed by atoms with Gasteiger partial charge in [0.15, 0.2) is 0 Å². The lowest BCUT2D eigenvalue weighted by atomic mass is 10.2. The van der Waals surface area contributed by atoms with Crippen molar-refractivity contribution in [3.05, 3.63) is 43.1 Å². The summed E-state index contributed by atoms with van der Waals surface area (Å²) in [6.45, 7) is 11.7. The molecule has 0 saturated carbocycles. The third-order valence-electron chi connectivity index (χ3n) is 3.10. The standard InChI is InChI=1S/C15H21N5O/c1-4-5-6-11(2)17-15-18-13(16)9-14(19-15)20-7-8-21-10-12(20)3/h4-6,9,12H,1-2,7-8,10H2,3H3,(H3,16,17,18,19)/b6-5-. The van der Waals surface area contributed by atoms with Gasteiger partial charge in [0.25, 0.3) is 0 Å². The Hall–Kier alpha value is -2.34. The number of rotatable bonds is 5. The molecule has 2 heterocycles. The van der Waals surface area contributed by atoms with Crippen LogP contribution in [0.15, 0.2) is 43.1 Å². The van der Waals surface area contributed by atoms with Gasteiger partial charge >= 0.3 is 0 Å². The van der Waals surface area contributed by atoms with E-state index in [1.807, 2.05) is 0 Å². The number of aromatic nitrogens is 2. The topological polar surface area (TPSA) is 76.3 Å². The van der Waals surface area contributed by atoms with E-state index in [1.54, 1.807) is 24.3 Å². The number of ether oxygens (including phenoxy) is 1. The van der Waals surface area contributed by atoms with Crippen LogP contribution in [0.3, 0.4) is 0 Å². The number of hydrogen-bond donors (Lipinski definition) is 2. The Balaban J connectivity index is 2.18. The molecule has 6 heteroatoms. The Morgan fingerprint density at radius 1 is 1.57 bits per heavy atom. The highest BCUT2D eigenvalue weighted by atomic mass is 16.5. The van der Waals surface area contributed by atoms with Gasteiger partial charge in [-0.2, -0.15) is 9.97 Å². The lowest BCUT2D eigenvalue weighted by Crippen LogP contribution is -2.44. The van der Waals surface area contributed by atoms with Crippen molar-refractivity contribution < 1.29 is 4.74 Å². The summed E-state index contributed by atoms with van der Waals surface area (Å²) in [4.78, 5) is 10.8. The van der Waals surface area contributed by atoms with Gasteiger partial charge in [0.2, 0.25) is 5.95 Å². The minimum atomic E-state index is 0.254. The maximum Gasteiger partial charge on any atom is 0.231 e.